The highest BCUT2D eigenvalue weighted by Crippen LogP contribution is 2.23. The van der Waals surface area contributed by atoms with Gasteiger partial charge in [0.2, 0.25) is 0 Å². The summed E-state index contributed by atoms with van der Waals surface area (Å²) in [6, 6.07) is 15.2. The number of aliphatic hydroxyl groups excluding tert-OH is 2. The van der Waals surface area contributed by atoms with Gasteiger partial charge in [-0.3, -0.25) is 0 Å². The fraction of sp³-hybridized carbons (Fsp3) is 0.200. The maximum atomic E-state index is 9.34. The minimum absolute atomic E-state index is 0.0988. The summed E-state index contributed by atoms with van der Waals surface area (Å²) < 4.78 is 5.69. The summed E-state index contributed by atoms with van der Waals surface area (Å²) in [6.07, 6.45) is 0. The van der Waals surface area contributed by atoms with Crippen LogP contribution < -0.4 is 4.74 Å². The van der Waals surface area contributed by atoms with E-state index in [1.54, 1.807) is 12.1 Å². The average Bonchev–Trinajstić information content (AvgIpc) is 2.45. The van der Waals surface area contributed by atoms with Gasteiger partial charge in [-0.15, -0.1) is 0 Å². The zero-order valence-corrected chi connectivity index (χ0v) is 10.0. The molecule has 0 amide bonds. The standard InChI is InChI=1S/C15H16O3/c16-9-13-7-4-8-15(14(13)10-17)18-11-12-5-2-1-3-6-12/h1-8,16-17H,9-11H2. The van der Waals surface area contributed by atoms with Crippen molar-refractivity contribution in [1.82, 2.24) is 0 Å². The minimum atomic E-state index is -0.138. The van der Waals surface area contributed by atoms with Crippen LogP contribution in [0.2, 0.25) is 0 Å². The molecule has 0 spiro atoms. The molecule has 3 heteroatoms. The van der Waals surface area contributed by atoms with Crippen LogP contribution >= 0.6 is 0 Å². The molecule has 0 atom stereocenters. The Morgan fingerprint density at radius 2 is 1.61 bits per heavy atom. The molecule has 0 bridgehead atoms. The summed E-state index contributed by atoms with van der Waals surface area (Å²) >= 11 is 0. The van der Waals surface area contributed by atoms with E-state index in [1.807, 2.05) is 36.4 Å². The van der Waals surface area contributed by atoms with Crippen molar-refractivity contribution < 1.29 is 14.9 Å². The van der Waals surface area contributed by atoms with Crippen LogP contribution in [0, 0.1) is 0 Å². The van der Waals surface area contributed by atoms with Gasteiger partial charge in [0.15, 0.2) is 0 Å². The molecule has 0 fully saturated rings. The van der Waals surface area contributed by atoms with Crippen molar-refractivity contribution in [3.05, 3.63) is 65.2 Å². The predicted octanol–water partition coefficient (Wildman–Crippen LogP) is 2.25. The highest BCUT2D eigenvalue weighted by atomic mass is 16.5. The molecule has 0 saturated heterocycles. The van der Waals surface area contributed by atoms with Gasteiger partial charge in [-0.25, -0.2) is 0 Å². The number of ether oxygens (including phenoxy) is 1. The number of hydrogen-bond donors (Lipinski definition) is 2. The molecule has 0 heterocycles. The molecular weight excluding hydrogens is 228 g/mol. The molecule has 0 aliphatic heterocycles. The molecule has 2 N–H and O–H groups in total. The van der Waals surface area contributed by atoms with Gasteiger partial charge in [0.1, 0.15) is 12.4 Å². The van der Waals surface area contributed by atoms with Crippen molar-refractivity contribution in [3.8, 4) is 5.75 Å². The Hall–Kier alpha value is -1.84. The van der Waals surface area contributed by atoms with Crippen molar-refractivity contribution in [2.24, 2.45) is 0 Å². The molecule has 0 aliphatic carbocycles. The third-order valence-electron chi connectivity index (χ3n) is 2.80. The maximum absolute atomic E-state index is 9.34. The van der Waals surface area contributed by atoms with Gasteiger partial charge in [0.05, 0.1) is 13.2 Å². The van der Waals surface area contributed by atoms with Crippen molar-refractivity contribution in [2.45, 2.75) is 19.8 Å². The molecule has 2 rings (SSSR count). The molecule has 94 valence electrons. The van der Waals surface area contributed by atoms with Crippen molar-refractivity contribution >= 4 is 0 Å². The van der Waals surface area contributed by atoms with Gasteiger partial charge < -0.3 is 14.9 Å². The summed E-state index contributed by atoms with van der Waals surface area (Å²) in [6.45, 7) is 0.210. The van der Waals surface area contributed by atoms with E-state index in [4.69, 9.17) is 4.74 Å². The van der Waals surface area contributed by atoms with Gasteiger partial charge in [-0.1, -0.05) is 42.5 Å². The van der Waals surface area contributed by atoms with Gasteiger partial charge in [-0.2, -0.15) is 0 Å². The molecule has 0 radical (unpaired) electrons. The lowest BCUT2D eigenvalue weighted by Gasteiger charge is -2.13. The Balaban J connectivity index is 2.14. The van der Waals surface area contributed by atoms with Crippen molar-refractivity contribution in [2.75, 3.05) is 0 Å². The Morgan fingerprint density at radius 3 is 2.28 bits per heavy atom. The minimum Gasteiger partial charge on any atom is -0.489 e. The topological polar surface area (TPSA) is 49.7 Å². The van der Waals surface area contributed by atoms with Gasteiger partial charge in [0, 0.05) is 5.56 Å². The smallest absolute Gasteiger partial charge is 0.125 e. The van der Waals surface area contributed by atoms with E-state index in [9.17, 15) is 10.2 Å². The fourth-order valence-electron chi connectivity index (χ4n) is 1.81. The SMILES string of the molecule is OCc1cccc(OCc2ccccc2)c1CO. The van der Waals surface area contributed by atoms with Crippen LogP contribution in [0.3, 0.4) is 0 Å². The first kappa shape index (κ1) is 12.6. The van der Waals surface area contributed by atoms with Crippen LogP contribution in [0.15, 0.2) is 48.5 Å². The first-order valence-corrected chi connectivity index (χ1v) is 5.84. The molecule has 3 nitrogen and oxygen atoms in total. The fourth-order valence-corrected chi connectivity index (χ4v) is 1.81. The molecule has 0 aromatic heterocycles. The van der Waals surface area contributed by atoms with E-state index in [1.165, 1.54) is 0 Å². The first-order valence-electron chi connectivity index (χ1n) is 5.84. The monoisotopic (exact) mass is 244 g/mol. The molecule has 0 saturated carbocycles. The Morgan fingerprint density at radius 1 is 0.833 bits per heavy atom. The van der Waals surface area contributed by atoms with E-state index in [-0.39, 0.29) is 13.2 Å². The molecule has 0 aliphatic rings. The second-order valence-corrected chi connectivity index (χ2v) is 3.98. The van der Waals surface area contributed by atoms with Crippen LogP contribution in [0.25, 0.3) is 0 Å². The lowest BCUT2D eigenvalue weighted by atomic mass is 10.1. The molecule has 2 aromatic rings. The molecular formula is C15H16O3. The number of benzene rings is 2. The normalized spacial score (nSPS) is 10.3. The molecule has 2 aromatic carbocycles. The second-order valence-electron chi connectivity index (χ2n) is 3.98. The van der Waals surface area contributed by atoms with E-state index in [2.05, 4.69) is 0 Å². The van der Waals surface area contributed by atoms with Crippen LogP contribution in [-0.4, -0.2) is 10.2 Å². The first-order chi connectivity index (χ1) is 8.85. The largest absolute Gasteiger partial charge is 0.489 e. The Bertz CT molecular complexity index is 494. The lowest BCUT2D eigenvalue weighted by molar-refractivity contribution is 0.244. The van der Waals surface area contributed by atoms with Crippen molar-refractivity contribution in [3.63, 3.8) is 0 Å². The van der Waals surface area contributed by atoms with Gasteiger partial charge in [-0.05, 0) is 17.2 Å². The van der Waals surface area contributed by atoms with Crippen LogP contribution in [-0.2, 0) is 19.8 Å². The number of rotatable bonds is 5. The van der Waals surface area contributed by atoms with Crippen molar-refractivity contribution in [1.29, 1.82) is 0 Å². The van der Waals surface area contributed by atoms with Gasteiger partial charge in [0.25, 0.3) is 0 Å². The summed E-state index contributed by atoms with van der Waals surface area (Å²) in [5, 5.41) is 18.5. The summed E-state index contributed by atoms with van der Waals surface area (Å²) in [7, 11) is 0. The Kier molecular flexibility index (Phi) is 4.34. The van der Waals surface area contributed by atoms with E-state index in [0.29, 0.717) is 23.5 Å². The van der Waals surface area contributed by atoms with E-state index >= 15 is 0 Å². The highest BCUT2D eigenvalue weighted by Gasteiger charge is 2.07. The number of aliphatic hydroxyl groups is 2. The zero-order valence-electron chi connectivity index (χ0n) is 10.0. The highest BCUT2D eigenvalue weighted by molar-refractivity contribution is 5.39. The lowest BCUT2D eigenvalue weighted by Crippen LogP contribution is -2.01. The average molecular weight is 244 g/mol. The predicted molar refractivity (Wildman–Crippen MR) is 69.1 cm³/mol. The summed E-state index contributed by atoms with van der Waals surface area (Å²) in [5.41, 5.74) is 2.41. The van der Waals surface area contributed by atoms with E-state index < -0.39 is 0 Å². The Labute approximate surface area is 106 Å². The second kappa shape index (κ2) is 6.19. The van der Waals surface area contributed by atoms with Crippen LogP contribution in [0.4, 0.5) is 0 Å². The van der Waals surface area contributed by atoms with Gasteiger partial charge >= 0.3 is 0 Å². The van der Waals surface area contributed by atoms with E-state index in [0.717, 1.165) is 5.56 Å². The quantitative estimate of drug-likeness (QED) is 0.848. The third kappa shape index (κ3) is 2.88. The third-order valence-corrected chi connectivity index (χ3v) is 2.80. The van der Waals surface area contributed by atoms with Crippen LogP contribution in [0.1, 0.15) is 16.7 Å². The summed E-state index contributed by atoms with van der Waals surface area (Å²) in [5.74, 6) is 0.618. The maximum Gasteiger partial charge on any atom is 0.125 e. The molecule has 18 heavy (non-hydrogen) atoms. The van der Waals surface area contributed by atoms with Crippen LogP contribution in [0.5, 0.6) is 5.75 Å². The number of hydrogen-bond acceptors (Lipinski definition) is 3. The molecule has 0 unspecified atom stereocenters. The zero-order chi connectivity index (χ0) is 12.8. The summed E-state index contributed by atoms with van der Waals surface area (Å²) in [4.78, 5) is 0.